The zero-order valence-electron chi connectivity index (χ0n) is 8.66. The lowest BCUT2D eigenvalue weighted by Gasteiger charge is -2.13. The summed E-state index contributed by atoms with van der Waals surface area (Å²) in [6, 6.07) is 2.82. The molecule has 1 atom stereocenters. The second-order valence-corrected chi connectivity index (χ2v) is 3.32. The third kappa shape index (κ3) is 2.26. The van der Waals surface area contributed by atoms with Crippen molar-refractivity contribution in [3.63, 3.8) is 0 Å². The lowest BCUT2D eigenvalue weighted by Crippen LogP contribution is -2.00. The van der Waals surface area contributed by atoms with E-state index < -0.39 is 5.82 Å². The maximum atomic E-state index is 13.7. The minimum Gasteiger partial charge on any atom is -0.504 e. The molecule has 1 N–H and O–H groups in total. The number of aldehydes is 1. The Morgan fingerprint density at radius 1 is 1.60 bits per heavy atom. The number of halogens is 1. The average molecular weight is 212 g/mol. The first-order valence-electron chi connectivity index (χ1n) is 4.60. The molecule has 0 aliphatic rings. The molecular formula is C11H13FO3. The summed E-state index contributed by atoms with van der Waals surface area (Å²) in [5.74, 6) is -1.24. The monoisotopic (exact) mass is 212 g/mol. The van der Waals surface area contributed by atoms with Gasteiger partial charge in [-0.3, -0.25) is 0 Å². The van der Waals surface area contributed by atoms with Gasteiger partial charge >= 0.3 is 0 Å². The molecule has 4 heteroatoms. The van der Waals surface area contributed by atoms with Crippen molar-refractivity contribution in [1.82, 2.24) is 0 Å². The normalized spacial score (nSPS) is 12.2. The van der Waals surface area contributed by atoms with Gasteiger partial charge in [0.15, 0.2) is 17.3 Å². The Bertz CT molecular complexity index is 363. The van der Waals surface area contributed by atoms with E-state index in [9.17, 15) is 14.3 Å². The van der Waals surface area contributed by atoms with Gasteiger partial charge in [0.05, 0.1) is 7.11 Å². The lowest BCUT2D eigenvalue weighted by molar-refractivity contribution is -0.108. The molecule has 0 aliphatic carbocycles. The molecule has 0 bridgehead atoms. The highest BCUT2D eigenvalue weighted by Gasteiger charge is 2.17. The topological polar surface area (TPSA) is 46.5 Å². The molecule has 0 saturated heterocycles. The van der Waals surface area contributed by atoms with Gasteiger partial charge in [0.25, 0.3) is 0 Å². The fourth-order valence-electron chi connectivity index (χ4n) is 1.41. The largest absolute Gasteiger partial charge is 0.504 e. The molecule has 3 nitrogen and oxygen atoms in total. The van der Waals surface area contributed by atoms with Crippen LogP contribution in [0.15, 0.2) is 12.1 Å². The van der Waals surface area contributed by atoms with Gasteiger partial charge in [-0.25, -0.2) is 4.39 Å². The molecule has 0 amide bonds. The zero-order valence-corrected chi connectivity index (χ0v) is 8.66. The maximum Gasteiger partial charge on any atom is 0.196 e. The van der Waals surface area contributed by atoms with Gasteiger partial charge in [0.1, 0.15) is 6.29 Å². The number of phenols is 1. The predicted octanol–water partition coefficient (Wildman–Crippen LogP) is 2.23. The molecule has 1 aromatic carbocycles. The summed E-state index contributed by atoms with van der Waals surface area (Å²) in [7, 11) is 1.28. The van der Waals surface area contributed by atoms with Crippen LogP contribution in [0.3, 0.4) is 0 Å². The summed E-state index contributed by atoms with van der Waals surface area (Å²) in [6.45, 7) is 1.74. The van der Waals surface area contributed by atoms with E-state index in [1.165, 1.54) is 19.2 Å². The minimum atomic E-state index is -0.605. The fraction of sp³-hybridized carbons (Fsp3) is 0.364. The van der Waals surface area contributed by atoms with Gasteiger partial charge in [0, 0.05) is 6.42 Å². The first-order chi connectivity index (χ1) is 7.11. The average Bonchev–Trinajstić information content (AvgIpc) is 2.18. The van der Waals surface area contributed by atoms with Gasteiger partial charge in [-0.05, 0) is 17.5 Å². The number of methoxy groups -OCH3 is 1. The van der Waals surface area contributed by atoms with E-state index in [2.05, 4.69) is 0 Å². The Balaban J connectivity index is 3.14. The van der Waals surface area contributed by atoms with E-state index in [4.69, 9.17) is 4.74 Å². The van der Waals surface area contributed by atoms with Crippen LogP contribution in [0.25, 0.3) is 0 Å². The van der Waals surface area contributed by atoms with E-state index >= 15 is 0 Å². The number of hydrogen-bond donors (Lipinski definition) is 1. The van der Waals surface area contributed by atoms with Crippen LogP contribution in [-0.4, -0.2) is 18.5 Å². The summed E-state index contributed by atoms with van der Waals surface area (Å²) < 4.78 is 18.4. The smallest absolute Gasteiger partial charge is 0.196 e. The molecule has 0 fully saturated rings. The summed E-state index contributed by atoms with van der Waals surface area (Å²) >= 11 is 0. The van der Waals surface area contributed by atoms with Gasteiger partial charge in [-0.1, -0.05) is 13.0 Å². The zero-order chi connectivity index (χ0) is 11.4. The van der Waals surface area contributed by atoms with Crippen molar-refractivity contribution < 1.29 is 19.0 Å². The standard InChI is InChI=1S/C11H13FO3/c1-7(5-6-13)8-3-4-9(14)11(15-2)10(8)12/h3-4,6-7,14H,5H2,1-2H3. The van der Waals surface area contributed by atoms with Gasteiger partial charge in [-0.2, -0.15) is 0 Å². The molecule has 1 aromatic rings. The SMILES string of the molecule is COc1c(O)ccc(C(C)CC=O)c1F. The van der Waals surface area contributed by atoms with Crippen molar-refractivity contribution in [3.8, 4) is 11.5 Å². The van der Waals surface area contributed by atoms with Crippen molar-refractivity contribution in [1.29, 1.82) is 0 Å². The van der Waals surface area contributed by atoms with Gasteiger partial charge in [-0.15, -0.1) is 0 Å². The number of phenolic OH excluding ortho intramolecular Hbond substituents is 1. The summed E-state index contributed by atoms with van der Waals surface area (Å²) in [4.78, 5) is 10.3. The quantitative estimate of drug-likeness (QED) is 0.778. The number of carbonyl (C=O) groups is 1. The Morgan fingerprint density at radius 3 is 2.80 bits per heavy atom. The molecule has 82 valence electrons. The van der Waals surface area contributed by atoms with Crippen LogP contribution < -0.4 is 4.74 Å². The number of aromatic hydroxyl groups is 1. The molecule has 0 heterocycles. The summed E-state index contributed by atoms with van der Waals surface area (Å²) in [6.07, 6.45) is 0.980. The fourth-order valence-corrected chi connectivity index (χ4v) is 1.41. The van der Waals surface area contributed by atoms with Crippen molar-refractivity contribution in [2.24, 2.45) is 0 Å². The third-order valence-electron chi connectivity index (χ3n) is 2.29. The highest BCUT2D eigenvalue weighted by Crippen LogP contribution is 2.34. The highest BCUT2D eigenvalue weighted by molar-refractivity contribution is 5.53. The summed E-state index contributed by atoms with van der Waals surface area (Å²) in [5, 5.41) is 9.29. The van der Waals surface area contributed by atoms with Gasteiger partial charge < -0.3 is 14.6 Å². The third-order valence-corrected chi connectivity index (χ3v) is 2.29. The number of carbonyl (C=O) groups excluding carboxylic acids is 1. The molecule has 15 heavy (non-hydrogen) atoms. The van der Waals surface area contributed by atoms with Gasteiger partial charge in [0.2, 0.25) is 0 Å². The molecule has 1 unspecified atom stereocenters. The van der Waals surface area contributed by atoms with Crippen LogP contribution in [0.1, 0.15) is 24.8 Å². The molecule has 0 aliphatic heterocycles. The van der Waals surface area contributed by atoms with Crippen LogP contribution in [0, 0.1) is 5.82 Å². The molecule has 0 saturated carbocycles. The Hall–Kier alpha value is -1.58. The van der Waals surface area contributed by atoms with Crippen LogP contribution in [0.5, 0.6) is 11.5 Å². The Kier molecular flexibility index (Phi) is 3.66. The van der Waals surface area contributed by atoms with Crippen molar-refractivity contribution in [3.05, 3.63) is 23.5 Å². The van der Waals surface area contributed by atoms with Crippen molar-refractivity contribution in [2.45, 2.75) is 19.3 Å². The maximum absolute atomic E-state index is 13.7. The van der Waals surface area contributed by atoms with E-state index in [0.29, 0.717) is 5.56 Å². The first kappa shape index (κ1) is 11.5. The van der Waals surface area contributed by atoms with Crippen LogP contribution in [0.2, 0.25) is 0 Å². The minimum absolute atomic E-state index is 0.176. The number of ether oxygens (including phenoxy) is 1. The molecular weight excluding hydrogens is 199 g/mol. The molecule has 1 rings (SSSR count). The predicted molar refractivity (Wildman–Crippen MR) is 53.7 cm³/mol. The number of hydrogen-bond acceptors (Lipinski definition) is 3. The lowest BCUT2D eigenvalue weighted by atomic mass is 9.97. The Labute approximate surface area is 87.5 Å². The van der Waals surface area contributed by atoms with E-state index in [0.717, 1.165) is 6.29 Å². The number of rotatable bonds is 4. The van der Waals surface area contributed by atoms with E-state index in [-0.39, 0.29) is 23.8 Å². The van der Waals surface area contributed by atoms with Crippen LogP contribution in [0.4, 0.5) is 4.39 Å². The number of benzene rings is 1. The van der Waals surface area contributed by atoms with Crippen molar-refractivity contribution in [2.75, 3.05) is 7.11 Å². The second kappa shape index (κ2) is 4.77. The molecule has 0 spiro atoms. The molecule has 0 aromatic heterocycles. The first-order valence-corrected chi connectivity index (χ1v) is 4.60. The van der Waals surface area contributed by atoms with Crippen LogP contribution in [-0.2, 0) is 4.79 Å². The summed E-state index contributed by atoms with van der Waals surface area (Å²) in [5.41, 5.74) is 0.372. The molecule has 0 radical (unpaired) electrons. The van der Waals surface area contributed by atoms with E-state index in [1.807, 2.05) is 0 Å². The van der Waals surface area contributed by atoms with Crippen LogP contribution >= 0.6 is 0 Å². The highest BCUT2D eigenvalue weighted by atomic mass is 19.1. The van der Waals surface area contributed by atoms with E-state index in [1.54, 1.807) is 6.92 Å². The second-order valence-electron chi connectivity index (χ2n) is 3.32. The van der Waals surface area contributed by atoms with Crippen molar-refractivity contribution >= 4 is 6.29 Å². The Morgan fingerprint density at radius 2 is 2.27 bits per heavy atom.